The molecule has 0 spiro atoms. The first-order chi connectivity index (χ1) is 29.6. The molecule has 0 saturated carbocycles. The maximum Gasteiger partial charge on any atom is 0.259 e. The van der Waals surface area contributed by atoms with Crippen molar-refractivity contribution in [3.05, 3.63) is 190 Å². The Bertz CT molecular complexity index is 3060. The molecule has 61 heavy (non-hydrogen) atoms. The van der Waals surface area contributed by atoms with E-state index in [-0.39, 0.29) is 40.8 Å². The predicted octanol–water partition coefficient (Wildman–Crippen LogP) is 13.9. The zero-order valence-corrected chi connectivity index (χ0v) is 33.8. The van der Waals surface area contributed by atoms with E-state index >= 15 is 0 Å². The zero-order chi connectivity index (χ0) is 42.5. The molecule has 0 fully saturated rings. The number of para-hydroxylation sites is 2. The van der Waals surface area contributed by atoms with Gasteiger partial charge in [-0.2, -0.15) is 10.2 Å². The second kappa shape index (κ2) is 17.8. The summed E-state index contributed by atoms with van der Waals surface area (Å²) in [6.07, 6.45) is 0. The van der Waals surface area contributed by atoms with Crippen molar-refractivity contribution in [1.82, 2.24) is 0 Å². The zero-order valence-electron chi connectivity index (χ0n) is 32.3. The summed E-state index contributed by atoms with van der Waals surface area (Å²) in [4.78, 5) is 33.1. The lowest BCUT2D eigenvalue weighted by Gasteiger charge is -2.12. The van der Waals surface area contributed by atoms with E-state index in [0.717, 1.165) is 5.39 Å². The van der Waals surface area contributed by atoms with Crippen molar-refractivity contribution in [1.29, 1.82) is 0 Å². The van der Waals surface area contributed by atoms with E-state index in [0.29, 0.717) is 71.2 Å². The van der Waals surface area contributed by atoms with Gasteiger partial charge in [-0.1, -0.05) is 114 Å². The summed E-state index contributed by atoms with van der Waals surface area (Å²) >= 11 is 12.5. The molecule has 13 heteroatoms. The molecule has 0 aliphatic heterocycles. The van der Waals surface area contributed by atoms with Gasteiger partial charge in [-0.3, -0.25) is 19.9 Å². The predicted molar refractivity (Wildman–Crippen MR) is 240 cm³/mol. The molecule has 4 N–H and O–H groups in total. The van der Waals surface area contributed by atoms with E-state index < -0.39 is 5.91 Å². The van der Waals surface area contributed by atoms with Gasteiger partial charge in [-0.15, -0.1) is 10.2 Å². The summed E-state index contributed by atoms with van der Waals surface area (Å²) < 4.78 is 0. The maximum absolute atomic E-state index is 14.0. The van der Waals surface area contributed by atoms with E-state index in [4.69, 9.17) is 28.0 Å². The van der Waals surface area contributed by atoms with Gasteiger partial charge in [-0.05, 0) is 83.9 Å². The highest BCUT2D eigenvalue weighted by molar-refractivity contribution is 6.34. The quantitative estimate of drug-likeness (QED) is 0.0544. The van der Waals surface area contributed by atoms with Crippen LogP contribution in [0.4, 0.5) is 34.1 Å². The molecule has 0 aliphatic rings. The molecule has 8 aromatic carbocycles. The van der Waals surface area contributed by atoms with Crippen molar-refractivity contribution < 1.29 is 24.6 Å². The van der Waals surface area contributed by atoms with Crippen LogP contribution in [-0.4, -0.2) is 21.9 Å². The van der Waals surface area contributed by atoms with Crippen LogP contribution in [0.2, 0.25) is 10.0 Å². The molecule has 0 unspecified atom stereocenters. The van der Waals surface area contributed by atoms with Crippen LogP contribution in [-0.2, 0) is 11.4 Å². The van der Waals surface area contributed by atoms with E-state index in [1.54, 1.807) is 103 Å². The number of fused-ring (bicyclic) bond motifs is 2. The number of phenols is 2. The Morgan fingerprint density at radius 1 is 0.590 bits per heavy atom. The number of amides is 1. The molecule has 11 nitrogen and oxygen atoms in total. The van der Waals surface area contributed by atoms with Crippen molar-refractivity contribution in [2.75, 3.05) is 10.8 Å². The average Bonchev–Trinajstić information content (AvgIpc) is 3.27. The minimum atomic E-state index is -0.579. The molecule has 0 atom stereocenters. The first-order valence-corrected chi connectivity index (χ1v) is 19.7. The Labute approximate surface area is 359 Å². The van der Waals surface area contributed by atoms with Crippen LogP contribution >= 0.6 is 23.2 Å². The van der Waals surface area contributed by atoms with Crippen LogP contribution in [0.3, 0.4) is 0 Å². The van der Waals surface area contributed by atoms with Crippen LogP contribution in [0, 0.1) is 6.92 Å². The fourth-order valence-corrected chi connectivity index (χ4v) is 7.02. The minimum absolute atomic E-state index is 0.00184. The van der Waals surface area contributed by atoms with Crippen LogP contribution in [0.1, 0.15) is 37.4 Å². The largest absolute Gasteiger partial charge is 0.505 e. The number of carbonyl (C=O) groups is 2. The molecule has 0 bridgehead atoms. The number of nitrogens with zero attached hydrogens (tertiary/aromatic N) is 4. The van der Waals surface area contributed by atoms with Crippen LogP contribution < -0.4 is 10.8 Å². The molecular formula is C48H34Cl2N6O5. The van der Waals surface area contributed by atoms with Gasteiger partial charge in [0.2, 0.25) is 0 Å². The van der Waals surface area contributed by atoms with E-state index in [1.165, 1.54) is 0 Å². The molecular weight excluding hydrogens is 811 g/mol. The lowest BCUT2D eigenvalue weighted by atomic mass is 9.98. The van der Waals surface area contributed by atoms with Gasteiger partial charge in [0.05, 0.1) is 38.4 Å². The Balaban J connectivity index is 1.05. The van der Waals surface area contributed by atoms with Crippen molar-refractivity contribution in [2.45, 2.75) is 13.5 Å². The Hall–Kier alpha value is -7.44. The summed E-state index contributed by atoms with van der Waals surface area (Å²) in [6, 6.07) is 43.7. The number of ketones is 1. The summed E-state index contributed by atoms with van der Waals surface area (Å²) in [5.74, 6) is -1.35. The molecule has 0 saturated heterocycles. The number of anilines is 2. The van der Waals surface area contributed by atoms with Gasteiger partial charge in [0.1, 0.15) is 23.7 Å². The standard InChI is InChI=1S/C48H34Cl2N6O5/c1-28-21-22-34(53-55-44-36-16-5-3-12-30(36)25-38(47(44)59)48(60)51-41-19-8-6-17-39(41)49)26-37(28)45(57)31-13-10-14-33(24-31)52-54-43-35-15-4-2-11-29(35)23-32(46(43)58)27-61-56-42-20-9-7-18-40(42)50/h2-26,56,58-59H,27H2,1H3,(H,51,60). The van der Waals surface area contributed by atoms with Crippen molar-refractivity contribution in [3.63, 3.8) is 0 Å². The van der Waals surface area contributed by atoms with E-state index in [9.17, 15) is 19.8 Å². The number of aryl methyl sites for hydroxylation is 1. The number of carbonyl (C=O) groups excluding carboxylic acids is 2. The second-order valence-corrected chi connectivity index (χ2v) is 14.7. The fraction of sp³-hybridized carbons (Fsp3) is 0.0417. The number of halogens is 2. The summed E-state index contributed by atoms with van der Waals surface area (Å²) in [6.45, 7) is 1.81. The highest BCUT2D eigenvalue weighted by atomic mass is 35.5. The van der Waals surface area contributed by atoms with Gasteiger partial charge < -0.3 is 15.5 Å². The summed E-state index contributed by atoms with van der Waals surface area (Å²) in [7, 11) is 0. The van der Waals surface area contributed by atoms with E-state index in [2.05, 4.69) is 31.3 Å². The van der Waals surface area contributed by atoms with Crippen molar-refractivity contribution in [2.24, 2.45) is 20.5 Å². The first-order valence-electron chi connectivity index (χ1n) is 18.9. The average molecular weight is 846 g/mol. The Kier molecular flexibility index (Phi) is 11.8. The SMILES string of the molecule is Cc1ccc(N=Nc2c(O)c(C(=O)Nc3ccccc3Cl)cc3ccccc23)cc1C(=O)c1cccc(N=Nc2c(O)c(CONc3ccccc3Cl)cc3ccccc23)c1. The number of hydrogen-bond acceptors (Lipinski definition) is 10. The molecule has 0 aliphatic carbocycles. The highest BCUT2D eigenvalue weighted by Gasteiger charge is 2.20. The third-order valence-corrected chi connectivity index (χ3v) is 10.5. The smallest absolute Gasteiger partial charge is 0.259 e. The number of azo groups is 2. The molecule has 0 radical (unpaired) electrons. The summed E-state index contributed by atoms with van der Waals surface area (Å²) in [5.41, 5.74) is 6.70. The van der Waals surface area contributed by atoms with Gasteiger partial charge in [0.15, 0.2) is 11.5 Å². The Morgan fingerprint density at radius 2 is 1.18 bits per heavy atom. The van der Waals surface area contributed by atoms with Gasteiger partial charge >= 0.3 is 0 Å². The van der Waals surface area contributed by atoms with Gasteiger partial charge in [-0.25, -0.2) is 0 Å². The number of phenolic OH excluding ortho intramolecular Hbond substituents is 2. The van der Waals surface area contributed by atoms with Crippen molar-refractivity contribution >= 4 is 90.6 Å². The van der Waals surface area contributed by atoms with Gasteiger partial charge in [0, 0.05) is 27.5 Å². The lowest BCUT2D eigenvalue weighted by molar-refractivity contribution is 0.102. The number of benzene rings is 8. The molecule has 0 heterocycles. The third-order valence-electron chi connectivity index (χ3n) is 9.82. The number of aromatic hydroxyl groups is 2. The monoisotopic (exact) mass is 844 g/mol. The van der Waals surface area contributed by atoms with Crippen molar-refractivity contribution in [3.8, 4) is 11.5 Å². The number of nitrogens with one attached hydrogen (secondary N) is 2. The van der Waals surface area contributed by atoms with Crippen LogP contribution in [0.25, 0.3) is 21.5 Å². The normalized spacial score (nSPS) is 11.5. The third kappa shape index (κ3) is 8.80. The lowest BCUT2D eigenvalue weighted by Crippen LogP contribution is -2.12. The van der Waals surface area contributed by atoms with E-state index in [1.807, 2.05) is 55.5 Å². The Morgan fingerprint density at radius 3 is 1.87 bits per heavy atom. The molecule has 8 rings (SSSR count). The first kappa shape index (κ1) is 40.3. The highest BCUT2D eigenvalue weighted by Crippen LogP contribution is 2.41. The summed E-state index contributed by atoms with van der Waals surface area (Å²) in [5, 5.41) is 46.7. The minimum Gasteiger partial charge on any atom is -0.505 e. The number of rotatable bonds is 12. The van der Waals surface area contributed by atoms with Crippen LogP contribution in [0.5, 0.6) is 11.5 Å². The maximum atomic E-state index is 14.0. The molecule has 8 aromatic rings. The molecule has 0 aromatic heterocycles. The second-order valence-electron chi connectivity index (χ2n) is 13.9. The molecule has 1 amide bonds. The number of hydrogen-bond donors (Lipinski definition) is 4. The van der Waals surface area contributed by atoms with Gasteiger partial charge in [0.25, 0.3) is 5.91 Å². The molecule has 300 valence electrons. The van der Waals surface area contributed by atoms with Crippen LogP contribution in [0.15, 0.2) is 172 Å². The topological polar surface area (TPSA) is 157 Å². The fourth-order valence-electron chi connectivity index (χ4n) is 6.66.